The van der Waals surface area contributed by atoms with Crippen molar-refractivity contribution in [3.8, 4) is 5.75 Å². The molecular weight excluding hydrogens is 486 g/mol. The van der Waals surface area contributed by atoms with Crippen LogP contribution in [0.3, 0.4) is 0 Å². The van der Waals surface area contributed by atoms with Crippen molar-refractivity contribution in [2.45, 2.75) is 19.6 Å². The Balaban J connectivity index is 1.71. The maximum atomic E-state index is 13.2. The van der Waals surface area contributed by atoms with Crippen LogP contribution >= 0.6 is 0 Å². The summed E-state index contributed by atoms with van der Waals surface area (Å²) in [6.45, 7) is 2.94. The number of carbonyl (C=O) groups is 2. The second kappa shape index (κ2) is 11.3. The van der Waals surface area contributed by atoms with E-state index in [1.165, 1.54) is 29.2 Å². The molecule has 1 amide bonds. The number of aryl methyl sites for hydroxylation is 1. The van der Waals surface area contributed by atoms with E-state index in [1.54, 1.807) is 18.2 Å². The molecule has 0 bridgehead atoms. The van der Waals surface area contributed by atoms with Gasteiger partial charge in [-0.2, -0.15) is 0 Å². The molecular formula is C29H29N3O6. The highest BCUT2D eigenvalue weighted by Gasteiger charge is 2.46. The van der Waals surface area contributed by atoms with Crippen molar-refractivity contribution in [3.05, 3.63) is 111 Å². The van der Waals surface area contributed by atoms with Crippen LogP contribution in [0.15, 0.2) is 78.4 Å². The number of Topliss-reactive ketones (excluding diaryl/α,β-unsaturated/α-hetero) is 1. The minimum Gasteiger partial charge on any atom is -0.507 e. The number of hydrogen-bond acceptors (Lipinski definition) is 7. The molecule has 38 heavy (non-hydrogen) atoms. The summed E-state index contributed by atoms with van der Waals surface area (Å²) in [7, 11) is 3.70. The molecule has 1 heterocycles. The van der Waals surface area contributed by atoms with Crippen molar-refractivity contribution < 1.29 is 24.4 Å². The number of rotatable bonds is 9. The Hall–Kier alpha value is -4.50. The van der Waals surface area contributed by atoms with E-state index in [1.807, 2.05) is 56.3 Å². The number of aliphatic hydroxyl groups is 1. The Morgan fingerprint density at radius 2 is 1.74 bits per heavy atom. The number of carbonyl (C=O) groups excluding carboxylic acids is 2. The second-order valence-corrected chi connectivity index (χ2v) is 9.40. The van der Waals surface area contributed by atoms with E-state index in [9.17, 15) is 24.8 Å². The standard InChI is InChI=1S/C29H29N3O6/c1-19-17-22(11-14-24(19)38-18-20-7-5-4-6-8-20)27(33)25-26(21-9-12-23(13-10-21)32(36)37)31(16-15-30(2)3)29(35)28(25)34/h4-14,17,26,33H,15-16,18H2,1-3H3/t26-/m1/s1. The quantitative estimate of drug-likeness (QED) is 0.147. The third-order valence-corrected chi connectivity index (χ3v) is 6.43. The molecule has 1 atom stereocenters. The highest BCUT2D eigenvalue weighted by molar-refractivity contribution is 6.46. The van der Waals surface area contributed by atoms with Gasteiger partial charge in [0.25, 0.3) is 17.4 Å². The van der Waals surface area contributed by atoms with Crippen molar-refractivity contribution in [1.82, 2.24) is 9.80 Å². The fraction of sp³-hybridized carbons (Fsp3) is 0.241. The van der Waals surface area contributed by atoms with Crippen LogP contribution in [0.25, 0.3) is 5.76 Å². The normalized spacial score (nSPS) is 16.7. The van der Waals surface area contributed by atoms with Gasteiger partial charge in [0, 0.05) is 30.8 Å². The predicted octanol–water partition coefficient (Wildman–Crippen LogP) is 4.47. The van der Waals surface area contributed by atoms with E-state index in [0.29, 0.717) is 30.0 Å². The van der Waals surface area contributed by atoms with E-state index in [0.717, 1.165) is 11.1 Å². The molecule has 1 saturated heterocycles. The largest absolute Gasteiger partial charge is 0.507 e. The van der Waals surface area contributed by atoms with Gasteiger partial charge in [-0.15, -0.1) is 0 Å². The predicted molar refractivity (Wildman–Crippen MR) is 143 cm³/mol. The number of nitro groups is 1. The van der Waals surface area contributed by atoms with Gasteiger partial charge in [0.05, 0.1) is 16.5 Å². The summed E-state index contributed by atoms with van der Waals surface area (Å²) in [5, 5.41) is 22.5. The van der Waals surface area contributed by atoms with Crippen LogP contribution in [-0.4, -0.2) is 58.7 Å². The van der Waals surface area contributed by atoms with E-state index < -0.39 is 22.7 Å². The first kappa shape index (κ1) is 26.6. The molecule has 0 spiro atoms. The van der Waals surface area contributed by atoms with Crippen LogP contribution in [0.4, 0.5) is 5.69 Å². The molecule has 196 valence electrons. The third kappa shape index (κ3) is 5.57. The number of ketones is 1. The zero-order chi connectivity index (χ0) is 27.4. The fourth-order valence-corrected chi connectivity index (χ4v) is 4.39. The molecule has 0 saturated carbocycles. The third-order valence-electron chi connectivity index (χ3n) is 6.43. The Kier molecular flexibility index (Phi) is 7.87. The van der Waals surface area contributed by atoms with Crippen LogP contribution in [-0.2, 0) is 16.2 Å². The van der Waals surface area contributed by atoms with Crippen molar-refractivity contribution in [2.24, 2.45) is 0 Å². The smallest absolute Gasteiger partial charge is 0.295 e. The van der Waals surface area contributed by atoms with Gasteiger partial charge < -0.3 is 19.6 Å². The molecule has 1 aliphatic heterocycles. The lowest BCUT2D eigenvalue weighted by atomic mass is 9.94. The number of hydrogen-bond donors (Lipinski definition) is 1. The number of nitrogens with zero attached hydrogens (tertiary/aromatic N) is 3. The van der Waals surface area contributed by atoms with Gasteiger partial charge >= 0.3 is 0 Å². The summed E-state index contributed by atoms with van der Waals surface area (Å²) in [6.07, 6.45) is 0. The molecule has 9 heteroatoms. The fourth-order valence-electron chi connectivity index (χ4n) is 4.39. The Labute approximate surface area is 220 Å². The first-order chi connectivity index (χ1) is 18.2. The van der Waals surface area contributed by atoms with Crippen molar-refractivity contribution in [2.75, 3.05) is 27.2 Å². The van der Waals surface area contributed by atoms with Crippen LogP contribution in [0.2, 0.25) is 0 Å². The molecule has 3 aromatic rings. The minimum absolute atomic E-state index is 0.0556. The number of non-ortho nitro benzene ring substituents is 1. The van der Waals surface area contributed by atoms with Gasteiger partial charge in [0.1, 0.15) is 18.1 Å². The zero-order valence-corrected chi connectivity index (χ0v) is 21.5. The van der Waals surface area contributed by atoms with Crippen LogP contribution in [0, 0.1) is 17.0 Å². The number of amides is 1. The summed E-state index contributed by atoms with van der Waals surface area (Å²) in [4.78, 5) is 40.1. The lowest BCUT2D eigenvalue weighted by molar-refractivity contribution is -0.384. The van der Waals surface area contributed by atoms with Gasteiger partial charge in [-0.05, 0) is 68.0 Å². The van der Waals surface area contributed by atoms with Crippen molar-refractivity contribution in [3.63, 3.8) is 0 Å². The van der Waals surface area contributed by atoms with E-state index in [-0.39, 0.29) is 23.6 Å². The average molecular weight is 516 g/mol. The Morgan fingerprint density at radius 3 is 2.34 bits per heavy atom. The number of likely N-dealkylation sites (N-methyl/N-ethyl adjacent to an activating group) is 1. The van der Waals surface area contributed by atoms with Crippen LogP contribution < -0.4 is 4.74 Å². The molecule has 9 nitrogen and oxygen atoms in total. The maximum Gasteiger partial charge on any atom is 0.295 e. The molecule has 1 fully saturated rings. The van der Waals surface area contributed by atoms with E-state index in [4.69, 9.17) is 4.74 Å². The van der Waals surface area contributed by atoms with Gasteiger partial charge in [-0.25, -0.2) is 0 Å². The molecule has 1 N–H and O–H groups in total. The molecule has 4 rings (SSSR count). The topological polar surface area (TPSA) is 113 Å². The highest BCUT2D eigenvalue weighted by Crippen LogP contribution is 2.40. The first-order valence-corrected chi connectivity index (χ1v) is 12.1. The monoisotopic (exact) mass is 515 g/mol. The molecule has 0 unspecified atom stereocenters. The van der Waals surface area contributed by atoms with Gasteiger partial charge in [-0.3, -0.25) is 19.7 Å². The number of benzene rings is 3. The van der Waals surface area contributed by atoms with Crippen LogP contribution in [0.5, 0.6) is 5.75 Å². The number of ether oxygens (including phenoxy) is 1. The molecule has 0 radical (unpaired) electrons. The second-order valence-electron chi connectivity index (χ2n) is 9.40. The zero-order valence-electron chi connectivity index (χ0n) is 21.5. The maximum absolute atomic E-state index is 13.2. The summed E-state index contributed by atoms with van der Waals surface area (Å²) < 4.78 is 5.93. The molecule has 0 aromatic heterocycles. The SMILES string of the molecule is Cc1cc(C(O)=C2C(=O)C(=O)N(CCN(C)C)[C@@H]2c2ccc([N+](=O)[O-])cc2)ccc1OCc1ccccc1. The van der Waals surface area contributed by atoms with E-state index >= 15 is 0 Å². The summed E-state index contributed by atoms with van der Waals surface area (Å²) >= 11 is 0. The summed E-state index contributed by atoms with van der Waals surface area (Å²) in [5.74, 6) is -1.21. The first-order valence-electron chi connectivity index (χ1n) is 12.1. The van der Waals surface area contributed by atoms with Crippen molar-refractivity contribution >= 4 is 23.1 Å². The molecule has 3 aromatic carbocycles. The average Bonchev–Trinajstić information content (AvgIpc) is 3.16. The van der Waals surface area contributed by atoms with Gasteiger partial charge in [-0.1, -0.05) is 30.3 Å². The Bertz CT molecular complexity index is 1380. The molecule has 1 aliphatic rings. The number of likely N-dealkylation sites (tertiary alicyclic amines) is 1. The minimum atomic E-state index is -0.884. The Morgan fingerprint density at radius 1 is 1.05 bits per heavy atom. The summed E-state index contributed by atoms with van der Waals surface area (Å²) in [6, 6.07) is 19.6. The summed E-state index contributed by atoms with van der Waals surface area (Å²) in [5.41, 5.74) is 2.46. The number of nitro benzene ring substituents is 1. The van der Waals surface area contributed by atoms with Crippen LogP contribution in [0.1, 0.15) is 28.3 Å². The highest BCUT2D eigenvalue weighted by atomic mass is 16.6. The lowest BCUT2D eigenvalue weighted by Crippen LogP contribution is -2.35. The number of aliphatic hydroxyl groups excluding tert-OH is 1. The molecule has 0 aliphatic carbocycles. The van der Waals surface area contributed by atoms with Crippen molar-refractivity contribution in [1.29, 1.82) is 0 Å². The van der Waals surface area contributed by atoms with E-state index in [2.05, 4.69) is 0 Å². The van der Waals surface area contributed by atoms with Gasteiger partial charge in [0.15, 0.2) is 0 Å². The van der Waals surface area contributed by atoms with Gasteiger partial charge in [0.2, 0.25) is 0 Å². The lowest BCUT2D eigenvalue weighted by Gasteiger charge is -2.26.